The Morgan fingerprint density at radius 3 is 1.98 bits per heavy atom. The van der Waals surface area contributed by atoms with E-state index in [2.05, 4.69) is 5.32 Å². The van der Waals surface area contributed by atoms with Gasteiger partial charge in [-0.3, -0.25) is 9.69 Å². The van der Waals surface area contributed by atoms with Crippen molar-refractivity contribution in [2.24, 2.45) is 4.99 Å². The third kappa shape index (κ3) is 5.20. The molecule has 2 heterocycles. The number of anilines is 2. The fraction of sp³-hybridized carbons (Fsp3) is 0.184. The average molecular weight is 597 g/mol. The molecule has 7 nitrogen and oxygen atoms in total. The third-order valence-corrected chi connectivity index (χ3v) is 8.42. The number of fused-ring (bicyclic) bond motifs is 2. The number of nitrogens with one attached hydrogen (secondary N) is 1. The summed E-state index contributed by atoms with van der Waals surface area (Å²) in [6.45, 7) is 11.9. The number of aliphatic hydroxyl groups excluding tert-OH is 1. The van der Waals surface area contributed by atoms with Crippen LogP contribution in [0.4, 0.5) is 17.1 Å². The molecular formula is C38H36N4O3. The van der Waals surface area contributed by atoms with Gasteiger partial charge < -0.3 is 15.2 Å². The highest BCUT2D eigenvalue weighted by atomic mass is 16.5. The number of para-hydroxylation sites is 3. The van der Waals surface area contributed by atoms with Crippen molar-refractivity contribution in [1.29, 1.82) is 0 Å². The monoisotopic (exact) mass is 596 g/mol. The molecule has 0 radical (unpaired) electrons. The summed E-state index contributed by atoms with van der Waals surface area (Å²) in [5.74, 6) is 0.182. The van der Waals surface area contributed by atoms with Gasteiger partial charge in [0.15, 0.2) is 0 Å². The first-order valence-electron chi connectivity index (χ1n) is 14.9. The zero-order valence-corrected chi connectivity index (χ0v) is 26.6. The quantitative estimate of drug-likeness (QED) is 0.151. The van der Waals surface area contributed by atoms with Crippen molar-refractivity contribution < 1.29 is 14.6 Å². The Labute approximate surface area is 263 Å². The Morgan fingerprint density at radius 1 is 0.800 bits per heavy atom. The molecule has 7 heteroatoms. The van der Waals surface area contributed by atoms with Crippen LogP contribution in [0.15, 0.2) is 89.6 Å². The van der Waals surface area contributed by atoms with Gasteiger partial charge in [0.05, 0.1) is 29.6 Å². The second kappa shape index (κ2) is 11.6. The van der Waals surface area contributed by atoms with Gasteiger partial charge in [0.25, 0.3) is 5.91 Å². The Bertz CT molecular complexity index is 2020. The van der Waals surface area contributed by atoms with Gasteiger partial charge in [-0.2, -0.15) is 0 Å². The number of aryl methyl sites for hydroxylation is 6. The fourth-order valence-electron chi connectivity index (χ4n) is 6.06. The van der Waals surface area contributed by atoms with Crippen LogP contribution in [-0.2, 0) is 0 Å². The van der Waals surface area contributed by atoms with Crippen LogP contribution in [-0.4, -0.2) is 29.0 Å². The highest BCUT2D eigenvalue weighted by Crippen LogP contribution is 2.43. The summed E-state index contributed by atoms with van der Waals surface area (Å²) in [6, 6.07) is 25.3. The van der Waals surface area contributed by atoms with Crippen LogP contribution in [0.3, 0.4) is 0 Å². The predicted molar refractivity (Wildman–Crippen MR) is 183 cm³/mol. The standard InChI is InChI=1S/C38H36N4O3/c1-21-11-8-12-22(2)31(21)40-34(37(43)41-32-23(3)13-9-14-24(32)4)36-33-29(20-27-19-28(45-7)17-18-30(27)39-33)38(44)42(36)35-25(5)15-10-16-26(35)6/h8-20,40H,1-7H3,(H,41,43)/b36-34-. The van der Waals surface area contributed by atoms with E-state index < -0.39 is 0 Å². The molecule has 0 saturated heterocycles. The second-order valence-electron chi connectivity index (χ2n) is 11.6. The molecule has 1 aliphatic rings. The summed E-state index contributed by atoms with van der Waals surface area (Å²) in [7, 11) is 1.61. The lowest BCUT2D eigenvalue weighted by atomic mass is 10.1. The molecule has 1 aromatic heterocycles. The second-order valence-corrected chi connectivity index (χ2v) is 11.6. The van der Waals surface area contributed by atoms with Crippen molar-refractivity contribution in [3.63, 3.8) is 0 Å². The maximum absolute atomic E-state index is 14.6. The smallest absolute Gasteiger partial charge is 0.265 e. The number of rotatable bonds is 6. The average Bonchev–Trinajstić information content (AvgIpc) is 3.27. The lowest BCUT2D eigenvalue weighted by Gasteiger charge is -2.26. The van der Waals surface area contributed by atoms with E-state index in [1.54, 1.807) is 12.0 Å². The Morgan fingerprint density at radius 2 is 1.38 bits per heavy atom. The third-order valence-electron chi connectivity index (χ3n) is 8.42. The first kappa shape index (κ1) is 29.6. The lowest BCUT2D eigenvalue weighted by molar-refractivity contribution is 0.101. The van der Waals surface area contributed by atoms with E-state index >= 15 is 0 Å². The molecule has 45 heavy (non-hydrogen) atoms. The molecule has 0 saturated carbocycles. The number of pyridine rings is 1. The van der Waals surface area contributed by atoms with Gasteiger partial charge in [0, 0.05) is 11.1 Å². The van der Waals surface area contributed by atoms with Gasteiger partial charge in [-0.15, -0.1) is 0 Å². The van der Waals surface area contributed by atoms with Crippen molar-refractivity contribution in [2.75, 3.05) is 17.3 Å². The molecule has 0 fully saturated rings. The van der Waals surface area contributed by atoms with Crippen LogP contribution in [0.5, 0.6) is 5.75 Å². The number of aliphatic imine (C=N–C) groups is 1. The van der Waals surface area contributed by atoms with E-state index in [0.29, 0.717) is 33.9 Å². The van der Waals surface area contributed by atoms with Crippen LogP contribution < -0.4 is 15.0 Å². The fourth-order valence-corrected chi connectivity index (χ4v) is 6.06. The summed E-state index contributed by atoms with van der Waals surface area (Å²) < 4.78 is 5.45. The lowest BCUT2D eigenvalue weighted by Crippen LogP contribution is -2.28. The van der Waals surface area contributed by atoms with Crippen molar-refractivity contribution in [1.82, 2.24) is 4.98 Å². The number of ether oxygens (including phenoxy) is 1. The zero-order valence-electron chi connectivity index (χ0n) is 26.6. The topological polar surface area (TPSA) is 87.0 Å². The van der Waals surface area contributed by atoms with E-state index in [-0.39, 0.29) is 17.5 Å². The van der Waals surface area contributed by atoms with Crippen molar-refractivity contribution in [3.05, 3.63) is 129 Å². The predicted octanol–water partition coefficient (Wildman–Crippen LogP) is 8.82. The van der Waals surface area contributed by atoms with Crippen LogP contribution in [0.25, 0.3) is 16.6 Å². The summed E-state index contributed by atoms with van der Waals surface area (Å²) in [6.07, 6.45) is 0. The normalized spacial score (nSPS) is 14.2. The van der Waals surface area contributed by atoms with E-state index in [1.807, 2.05) is 120 Å². The summed E-state index contributed by atoms with van der Waals surface area (Å²) in [5, 5.41) is 16.4. The van der Waals surface area contributed by atoms with Crippen molar-refractivity contribution in [2.45, 2.75) is 41.5 Å². The van der Waals surface area contributed by atoms with Gasteiger partial charge in [0.2, 0.25) is 5.90 Å². The molecule has 6 rings (SSSR count). The number of aliphatic hydroxyl groups is 1. The maximum Gasteiger partial charge on any atom is 0.265 e. The molecule has 5 aromatic rings. The van der Waals surface area contributed by atoms with E-state index in [4.69, 9.17) is 14.7 Å². The van der Waals surface area contributed by atoms with Crippen LogP contribution >= 0.6 is 0 Å². The van der Waals surface area contributed by atoms with E-state index in [9.17, 15) is 9.90 Å². The number of aromatic nitrogens is 1. The largest absolute Gasteiger partial charge is 0.497 e. The molecule has 2 N–H and O–H groups in total. The number of carbonyl (C=O) groups is 1. The molecular weight excluding hydrogens is 560 g/mol. The minimum Gasteiger partial charge on any atom is -0.497 e. The van der Waals surface area contributed by atoms with Gasteiger partial charge in [-0.1, -0.05) is 54.6 Å². The first-order chi connectivity index (χ1) is 21.6. The Hall–Kier alpha value is -5.43. The maximum atomic E-state index is 14.6. The molecule has 0 atom stereocenters. The first-order valence-corrected chi connectivity index (χ1v) is 14.9. The number of nitrogens with zero attached hydrogens (tertiary/aromatic N) is 3. The molecule has 0 aliphatic carbocycles. The van der Waals surface area contributed by atoms with Crippen molar-refractivity contribution >= 4 is 45.5 Å². The minimum absolute atomic E-state index is 0.240. The molecule has 1 aliphatic heterocycles. The van der Waals surface area contributed by atoms with Gasteiger partial charge in [-0.25, -0.2) is 9.98 Å². The van der Waals surface area contributed by atoms with Crippen molar-refractivity contribution in [3.8, 4) is 5.75 Å². The summed E-state index contributed by atoms with van der Waals surface area (Å²) in [4.78, 5) is 26.1. The van der Waals surface area contributed by atoms with Crippen LogP contribution in [0.1, 0.15) is 49.4 Å². The molecule has 0 unspecified atom stereocenters. The van der Waals surface area contributed by atoms with E-state index in [1.165, 1.54) is 0 Å². The number of amides is 1. The molecule has 0 spiro atoms. The zero-order chi connectivity index (χ0) is 32.0. The molecule has 1 amide bonds. The SMILES string of the molecule is COc1ccc2nc3c(cc2c1)C(=O)N(c1c(C)cccc1C)/C3=C(\Nc1c(C)cccc1C)C(O)=Nc1c(C)cccc1C. The van der Waals surface area contributed by atoms with Gasteiger partial charge in [0.1, 0.15) is 22.8 Å². The number of hydrogen-bond acceptors (Lipinski definition) is 5. The van der Waals surface area contributed by atoms with Crippen LogP contribution in [0, 0.1) is 41.5 Å². The number of hydrogen-bond donors (Lipinski definition) is 2. The molecule has 226 valence electrons. The number of carbonyl (C=O) groups excluding carboxylic acids is 1. The highest BCUT2D eigenvalue weighted by Gasteiger charge is 2.40. The summed E-state index contributed by atoms with van der Waals surface area (Å²) >= 11 is 0. The Kier molecular flexibility index (Phi) is 7.62. The minimum atomic E-state index is -0.251. The Balaban J connectivity index is 1.73. The van der Waals surface area contributed by atoms with Gasteiger partial charge in [-0.05, 0) is 99.2 Å². The van der Waals surface area contributed by atoms with E-state index in [0.717, 1.165) is 50.1 Å². The number of methoxy groups -OCH3 is 1. The number of benzene rings is 4. The summed E-state index contributed by atoms with van der Waals surface area (Å²) in [5.41, 5.74) is 10.1. The highest BCUT2D eigenvalue weighted by molar-refractivity contribution is 6.26. The van der Waals surface area contributed by atoms with Crippen LogP contribution in [0.2, 0.25) is 0 Å². The molecule has 0 bridgehead atoms. The molecule has 4 aromatic carbocycles. The van der Waals surface area contributed by atoms with Gasteiger partial charge >= 0.3 is 0 Å².